The fourth-order valence-electron chi connectivity index (χ4n) is 1.61. The Morgan fingerprint density at radius 1 is 1.33 bits per heavy atom. The topological polar surface area (TPSA) is 66.4 Å². The molecule has 0 atom stereocenters. The minimum absolute atomic E-state index is 0.477. The number of carbonyl (C=O) groups excluding carboxylic acids is 1. The average molecular weight is 167 g/mol. The van der Waals surface area contributed by atoms with Gasteiger partial charge in [-0.25, -0.2) is 4.79 Å². The van der Waals surface area contributed by atoms with Crippen LogP contribution in [0.2, 0.25) is 0 Å². The summed E-state index contributed by atoms with van der Waals surface area (Å²) in [5, 5.41) is 11.1. The quantitative estimate of drug-likeness (QED) is 0.579. The Morgan fingerprint density at radius 3 is 2.17 bits per heavy atom. The molecule has 0 unspecified atom stereocenters. The highest BCUT2D eigenvalue weighted by Gasteiger charge is 2.41. The van der Waals surface area contributed by atoms with E-state index < -0.39 is 17.3 Å². The van der Waals surface area contributed by atoms with E-state index in [1.54, 1.807) is 0 Å². The van der Waals surface area contributed by atoms with Crippen molar-refractivity contribution < 1.29 is 14.7 Å². The minimum atomic E-state index is -1.09. The van der Waals surface area contributed by atoms with Gasteiger partial charge in [0.05, 0.1) is 0 Å². The van der Waals surface area contributed by atoms with Crippen LogP contribution in [0.5, 0.6) is 0 Å². The molecule has 0 saturated heterocycles. The molecule has 0 aromatic rings. The zero-order valence-electron chi connectivity index (χ0n) is 6.67. The van der Waals surface area contributed by atoms with Crippen molar-refractivity contribution in [2.75, 3.05) is 0 Å². The number of hydrogen-bond acceptors (Lipinski definition) is 2. The molecule has 0 aliphatic heterocycles. The molecule has 1 rings (SSSR count). The van der Waals surface area contributed by atoms with E-state index >= 15 is 0 Å². The van der Waals surface area contributed by atoms with E-state index in [-0.39, 0.29) is 0 Å². The van der Waals surface area contributed by atoms with Crippen molar-refractivity contribution in [3.8, 4) is 0 Å². The van der Waals surface area contributed by atoms with Crippen LogP contribution in [0.1, 0.15) is 25.7 Å². The Morgan fingerprint density at radius 2 is 1.83 bits per heavy atom. The lowest BCUT2D eigenvalue weighted by molar-refractivity contribution is -0.144. The highest BCUT2D eigenvalue weighted by molar-refractivity contribution is 6.57. The van der Waals surface area contributed by atoms with E-state index in [2.05, 4.69) is 5.32 Å². The fourth-order valence-corrected chi connectivity index (χ4v) is 1.61. The molecule has 1 amide bonds. The molecule has 2 N–H and O–H groups in total. The second kappa shape index (κ2) is 3.17. The highest BCUT2D eigenvalue weighted by Crippen LogP contribution is 2.29. The van der Waals surface area contributed by atoms with Gasteiger partial charge < -0.3 is 10.4 Å². The van der Waals surface area contributed by atoms with Crippen LogP contribution in [0.25, 0.3) is 0 Å². The number of aliphatic carboxylic acids is 1. The van der Waals surface area contributed by atoms with E-state index in [0.717, 1.165) is 12.8 Å². The smallest absolute Gasteiger partial charge is 0.329 e. The molecule has 1 aliphatic rings. The van der Waals surface area contributed by atoms with Gasteiger partial charge in [-0.3, -0.25) is 4.79 Å². The Bertz CT molecular complexity index is 211. The Balaban J connectivity index is 2.72. The molecule has 12 heavy (non-hydrogen) atoms. The van der Waals surface area contributed by atoms with Crippen molar-refractivity contribution in [3.05, 3.63) is 0 Å². The standard InChI is InChI=1S/C7H10BNO3/c8-6(12)9-7(5(10)11)3-1-2-4-7/h1-4H2,(H,9,12)(H,10,11). The van der Waals surface area contributed by atoms with E-state index in [9.17, 15) is 9.59 Å². The molecule has 0 heterocycles. The van der Waals surface area contributed by atoms with E-state index in [1.807, 2.05) is 0 Å². The summed E-state index contributed by atoms with van der Waals surface area (Å²) in [6, 6.07) is 0. The number of carboxylic acid groups (broad SMARTS) is 1. The molecule has 5 heteroatoms. The summed E-state index contributed by atoms with van der Waals surface area (Å²) in [6.07, 6.45) is 2.61. The van der Waals surface area contributed by atoms with Crippen molar-refractivity contribution >= 4 is 19.6 Å². The van der Waals surface area contributed by atoms with Crippen LogP contribution >= 0.6 is 0 Å². The lowest BCUT2D eigenvalue weighted by atomic mass is 9.95. The number of carboxylic acids is 1. The highest BCUT2D eigenvalue weighted by atomic mass is 16.4. The zero-order valence-corrected chi connectivity index (χ0v) is 6.67. The SMILES string of the molecule is [B]C(=O)NC1(C(=O)O)CCCC1. The van der Waals surface area contributed by atoms with Crippen LogP contribution in [0.3, 0.4) is 0 Å². The molecule has 4 nitrogen and oxygen atoms in total. The van der Waals surface area contributed by atoms with Crippen molar-refractivity contribution in [2.45, 2.75) is 31.2 Å². The lowest BCUT2D eigenvalue weighted by Crippen LogP contribution is -2.52. The maximum absolute atomic E-state index is 10.8. The molecule has 0 bridgehead atoms. The molecule has 1 aliphatic carbocycles. The molecule has 1 saturated carbocycles. The summed E-state index contributed by atoms with van der Waals surface area (Å²) in [6.45, 7) is 0. The predicted octanol–water partition coefficient (Wildman–Crippen LogP) is 0.262. The maximum Gasteiger partial charge on any atom is 0.329 e. The van der Waals surface area contributed by atoms with Gasteiger partial charge in [-0.1, -0.05) is 12.8 Å². The Labute approximate surface area is 71.7 Å². The second-order valence-electron chi connectivity index (χ2n) is 3.08. The first-order valence-corrected chi connectivity index (χ1v) is 3.88. The van der Waals surface area contributed by atoms with Gasteiger partial charge in [0.25, 0.3) is 0 Å². The average Bonchev–Trinajstić information content (AvgIpc) is 2.35. The summed E-state index contributed by atoms with van der Waals surface area (Å²) < 4.78 is 0. The molecule has 64 valence electrons. The van der Waals surface area contributed by atoms with Gasteiger partial charge in [0.1, 0.15) is 5.54 Å². The molecule has 2 radical (unpaired) electrons. The molecular weight excluding hydrogens is 157 g/mol. The first-order chi connectivity index (χ1) is 5.57. The van der Waals surface area contributed by atoms with Gasteiger partial charge in [-0.2, -0.15) is 0 Å². The molecule has 0 aromatic heterocycles. The van der Waals surface area contributed by atoms with Crippen LogP contribution in [0.4, 0.5) is 4.79 Å². The third-order valence-corrected chi connectivity index (χ3v) is 2.23. The van der Waals surface area contributed by atoms with Gasteiger partial charge in [-0.05, 0) is 12.8 Å². The summed E-state index contributed by atoms with van der Waals surface area (Å²) in [4.78, 5) is 21.3. The summed E-state index contributed by atoms with van der Waals surface area (Å²) in [5.41, 5.74) is -1.09. The van der Waals surface area contributed by atoms with Crippen LogP contribution in [0.15, 0.2) is 0 Å². The van der Waals surface area contributed by atoms with E-state index in [1.165, 1.54) is 0 Å². The number of amides is 1. The molecule has 0 spiro atoms. The van der Waals surface area contributed by atoms with Gasteiger partial charge in [0.15, 0.2) is 5.81 Å². The lowest BCUT2D eigenvalue weighted by Gasteiger charge is -2.24. The van der Waals surface area contributed by atoms with Crippen LogP contribution in [-0.2, 0) is 4.79 Å². The summed E-state index contributed by atoms with van der Waals surface area (Å²) >= 11 is 0. The van der Waals surface area contributed by atoms with Crippen LogP contribution in [-0.4, -0.2) is 30.3 Å². The van der Waals surface area contributed by atoms with Crippen molar-refractivity contribution in [2.24, 2.45) is 0 Å². The van der Waals surface area contributed by atoms with Crippen molar-refractivity contribution in [1.82, 2.24) is 5.32 Å². The fraction of sp³-hybridized carbons (Fsp3) is 0.714. The number of hydrogen-bond donors (Lipinski definition) is 2. The largest absolute Gasteiger partial charge is 0.480 e. The van der Waals surface area contributed by atoms with Gasteiger partial charge in [-0.15, -0.1) is 0 Å². The summed E-state index contributed by atoms with van der Waals surface area (Å²) in [7, 11) is 4.88. The molecular formula is C7H10BNO3. The maximum atomic E-state index is 10.8. The van der Waals surface area contributed by atoms with E-state index in [4.69, 9.17) is 13.0 Å². The van der Waals surface area contributed by atoms with Crippen molar-refractivity contribution in [3.63, 3.8) is 0 Å². The Kier molecular flexibility index (Phi) is 2.40. The second-order valence-corrected chi connectivity index (χ2v) is 3.08. The monoisotopic (exact) mass is 167 g/mol. The number of carbonyl (C=O) groups is 2. The Hall–Kier alpha value is -0.995. The number of rotatable bonds is 2. The molecule has 1 fully saturated rings. The third kappa shape index (κ3) is 1.60. The number of nitrogens with one attached hydrogen (secondary N) is 1. The summed E-state index contributed by atoms with van der Waals surface area (Å²) in [5.74, 6) is -1.75. The molecule has 0 aromatic carbocycles. The minimum Gasteiger partial charge on any atom is -0.480 e. The normalized spacial score (nSPS) is 20.3. The van der Waals surface area contributed by atoms with E-state index in [0.29, 0.717) is 12.8 Å². The van der Waals surface area contributed by atoms with Crippen LogP contribution in [0, 0.1) is 0 Å². The first-order valence-electron chi connectivity index (χ1n) is 3.88. The predicted molar refractivity (Wildman–Crippen MR) is 43.1 cm³/mol. The van der Waals surface area contributed by atoms with Gasteiger partial charge in [0, 0.05) is 0 Å². The zero-order chi connectivity index (χ0) is 9.19. The first kappa shape index (κ1) is 9.10. The van der Waals surface area contributed by atoms with Gasteiger partial charge >= 0.3 is 5.97 Å². The van der Waals surface area contributed by atoms with Crippen LogP contribution < -0.4 is 5.32 Å². The van der Waals surface area contributed by atoms with Gasteiger partial charge in [0.2, 0.25) is 7.85 Å². The van der Waals surface area contributed by atoms with Crippen molar-refractivity contribution in [1.29, 1.82) is 0 Å². The third-order valence-electron chi connectivity index (χ3n) is 2.23.